The van der Waals surface area contributed by atoms with Crippen LogP contribution in [0.1, 0.15) is 39.9 Å². The van der Waals surface area contributed by atoms with Crippen LogP contribution in [0.15, 0.2) is 97.1 Å². The van der Waals surface area contributed by atoms with Crippen LogP contribution >= 0.6 is 0 Å². The lowest BCUT2D eigenvalue weighted by atomic mass is 9.97. The van der Waals surface area contributed by atoms with Crippen molar-refractivity contribution in [3.63, 3.8) is 0 Å². The number of benzene rings is 4. The van der Waals surface area contributed by atoms with Crippen LogP contribution in [0.25, 0.3) is 10.8 Å². The van der Waals surface area contributed by atoms with Gasteiger partial charge in [-0.1, -0.05) is 84.9 Å². The van der Waals surface area contributed by atoms with E-state index in [1.807, 2.05) is 91.8 Å². The molecule has 51 heavy (non-hydrogen) atoms. The van der Waals surface area contributed by atoms with Crippen LogP contribution in [0.2, 0.25) is 0 Å². The van der Waals surface area contributed by atoms with Crippen molar-refractivity contribution >= 4 is 34.6 Å². The Morgan fingerprint density at radius 1 is 0.725 bits per heavy atom. The molecule has 1 heterocycles. The number of carbonyl (C=O) groups excluding carboxylic acids is 3. The van der Waals surface area contributed by atoms with Crippen LogP contribution in [0, 0.1) is 0 Å². The maximum absolute atomic E-state index is 14.9. The summed E-state index contributed by atoms with van der Waals surface area (Å²) in [5.74, 6) is -0.801. The molecule has 10 nitrogen and oxygen atoms in total. The fourth-order valence-corrected chi connectivity index (χ4v) is 7.01. The highest BCUT2D eigenvalue weighted by molar-refractivity contribution is 5.98. The predicted octanol–water partition coefficient (Wildman–Crippen LogP) is 5.26. The van der Waals surface area contributed by atoms with Crippen LogP contribution < -0.4 is 0 Å². The Labute approximate surface area is 300 Å². The van der Waals surface area contributed by atoms with Gasteiger partial charge < -0.3 is 29.6 Å². The Morgan fingerprint density at radius 2 is 1.39 bits per heavy atom. The molecule has 0 saturated carbocycles. The first-order valence-corrected chi connectivity index (χ1v) is 17.5. The molecule has 1 aliphatic heterocycles. The minimum Gasteiger partial charge on any atom is -0.465 e. The van der Waals surface area contributed by atoms with E-state index in [0.717, 1.165) is 46.2 Å². The first-order valence-electron chi connectivity index (χ1n) is 17.5. The lowest BCUT2D eigenvalue weighted by Gasteiger charge is -2.37. The highest BCUT2D eigenvalue weighted by atomic mass is 16.4. The molecular formula is C41H49N5O5. The number of likely N-dealkylation sites (tertiary alicyclic amines) is 1. The second-order valence-electron chi connectivity index (χ2n) is 13.9. The molecule has 0 radical (unpaired) electrons. The van der Waals surface area contributed by atoms with Gasteiger partial charge in [-0.15, -0.1) is 0 Å². The first kappa shape index (κ1) is 37.0. The minimum atomic E-state index is -1.07. The van der Waals surface area contributed by atoms with E-state index in [2.05, 4.69) is 4.90 Å². The van der Waals surface area contributed by atoms with E-state index in [9.17, 15) is 24.3 Å². The summed E-state index contributed by atoms with van der Waals surface area (Å²) in [6, 6.07) is 28.9. The summed E-state index contributed by atoms with van der Waals surface area (Å²) in [5, 5.41) is 11.5. The van der Waals surface area contributed by atoms with E-state index in [1.165, 1.54) is 11.9 Å². The SMILES string of the molecule is CN(C)C[C@@H]1CCCN1C(=O)[C@@H](Cc1ccccc1)N(C)C(=O)[C@@H](Cc1ccc2ccccc2c1)N(C)C(=O)c1cccc(CN(C)C(=O)O)c1. The fourth-order valence-electron chi connectivity index (χ4n) is 7.01. The molecular weight excluding hydrogens is 642 g/mol. The van der Waals surface area contributed by atoms with Gasteiger partial charge in [0.15, 0.2) is 0 Å². The standard InChI is InChI=1S/C41H49N5O5/c1-42(2)28-35-19-12-22-46(35)40(49)37(25-29-13-7-6-8-14-29)45(5)39(48)36(26-30-20-21-32-16-9-10-17-33(32)23-30)44(4)38(47)34-18-11-15-31(24-34)27-43(3)41(50)51/h6-11,13-18,20-21,23-24,35-37H,12,19,22,25-28H2,1-5H3,(H,50,51)/t35-,36+,37+/m0/s1. The maximum Gasteiger partial charge on any atom is 0.407 e. The number of rotatable bonds is 13. The molecule has 4 aromatic carbocycles. The van der Waals surface area contributed by atoms with Crippen LogP contribution in [0.3, 0.4) is 0 Å². The zero-order valence-corrected chi connectivity index (χ0v) is 30.2. The van der Waals surface area contributed by atoms with Gasteiger partial charge >= 0.3 is 6.09 Å². The van der Waals surface area contributed by atoms with Crippen molar-refractivity contribution in [3.05, 3.63) is 119 Å². The molecule has 4 amide bonds. The van der Waals surface area contributed by atoms with Crippen LogP contribution in [0.5, 0.6) is 0 Å². The molecule has 0 bridgehead atoms. The van der Waals surface area contributed by atoms with Crippen molar-refractivity contribution in [2.45, 2.75) is 50.4 Å². The average Bonchev–Trinajstić information content (AvgIpc) is 3.59. The molecule has 0 unspecified atom stereocenters. The molecule has 4 aromatic rings. The summed E-state index contributed by atoms with van der Waals surface area (Å²) in [6.07, 6.45) is 1.31. The lowest BCUT2D eigenvalue weighted by molar-refractivity contribution is -0.147. The average molecular weight is 692 g/mol. The van der Waals surface area contributed by atoms with Gasteiger partial charge in [-0.05, 0) is 66.5 Å². The molecule has 0 aliphatic carbocycles. The minimum absolute atomic E-state index is 0.0550. The topological polar surface area (TPSA) is 105 Å². The number of hydrogen-bond acceptors (Lipinski definition) is 5. The van der Waals surface area contributed by atoms with Gasteiger partial charge in [-0.25, -0.2) is 4.79 Å². The maximum atomic E-state index is 14.9. The smallest absolute Gasteiger partial charge is 0.407 e. The molecule has 1 fully saturated rings. The van der Waals surface area contributed by atoms with Crippen LogP contribution in [0.4, 0.5) is 4.79 Å². The number of carbonyl (C=O) groups is 4. The molecule has 268 valence electrons. The van der Waals surface area contributed by atoms with Gasteiger partial charge in [0.2, 0.25) is 11.8 Å². The van der Waals surface area contributed by atoms with E-state index < -0.39 is 18.2 Å². The van der Waals surface area contributed by atoms with Crippen molar-refractivity contribution in [3.8, 4) is 0 Å². The normalized spacial score (nSPS) is 15.4. The zero-order valence-electron chi connectivity index (χ0n) is 30.2. The second-order valence-corrected chi connectivity index (χ2v) is 13.9. The Hall–Kier alpha value is -5.22. The predicted molar refractivity (Wildman–Crippen MR) is 199 cm³/mol. The Kier molecular flexibility index (Phi) is 12.1. The Morgan fingerprint density at radius 3 is 2.10 bits per heavy atom. The summed E-state index contributed by atoms with van der Waals surface area (Å²) in [7, 11) is 8.77. The van der Waals surface area contributed by atoms with Gasteiger partial charge in [-0.2, -0.15) is 0 Å². The fraction of sp³-hybridized carbons (Fsp3) is 0.366. The quantitative estimate of drug-likeness (QED) is 0.205. The third-order valence-corrected chi connectivity index (χ3v) is 9.84. The molecule has 5 rings (SSSR count). The van der Waals surface area contributed by atoms with E-state index in [-0.39, 0.29) is 36.7 Å². The molecule has 1 aliphatic rings. The molecule has 0 aromatic heterocycles. The van der Waals surface area contributed by atoms with E-state index >= 15 is 0 Å². The number of fused-ring (bicyclic) bond motifs is 1. The van der Waals surface area contributed by atoms with Crippen LogP contribution in [-0.2, 0) is 29.0 Å². The molecule has 3 atom stereocenters. The van der Waals surface area contributed by atoms with Crippen molar-refractivity contribution in [2.75, 3.05) is 48.3 Å². The third-order valence-electron chi connectivity index (χ3n) is 9.84. The molecule has 1 N–H and O–H groups in total. The number of likely N-dealkylation sites (N-methyl/N-ethyl adjacent to an activating group) is 3. The largest absolute Gasteiger partial charge is 0.465 e. The van der Waals surface area contributed by atoms with E-state index in [4.69, 9.17) is 0 Å². The highest BCUT2D eigenvalue weighted by Gasteiger charge is 2.39. The lowest BCUT2D eigenvalue weighted by Crippen LogP contribution is -2.57. The van der Waals surface area contributed by atoms with Gasteiger partial charge in [-0.3, -0.25) is 14.4 Å². The first-order chi connectivity index (χ1) is 24.4. The van der Waals surface area contributed by atoms with Gasteiger partial charge in [0.25, 0.3) is 5.91 Å². The van der Waals surface area contributed by atoms with Crippen molar-refractivity contribution in [1.82, 2.24) is 24.5 Å². The van der Waals surface area contributed by atoms with E-state index in [0.29, 0.717) is 24.1 Å². The van der Waals surface area contributed by atoms with Crippen molar-refractivity contribution < 1.29 is 24.3 Å². The van der Waals surface area contributed by atoms with Gasteiger partial charge in [0.05, 0.1) is 0 Å². The summed E-state index contributed by atoms with van der Waals surface area (Å²) < 4.78 is 0. The van der Waals surface area contributed by atoms with Crippen molar-refractivity contribution in [1.29, 1.82) is 0 Å². The molecule has 10 heteroatoms. The number of carboxylic acid groups (broad SMARTS) is 1. The highest BCUT2D eigenvalue weighted by Crippen LogP contribution is 2.24. The van der Waals surface area contributed by atoms with Gasteiger partial charge in [0.1, 0.15) is 12.1 Å². The van der Waals surface area contributed by atoms with Crippen molar-refractivity contribution in [2.24, 2.45) is 0 Å². The Balaban J connectivity index is 1.50. The Bertz CT molecular complexity index is 1850. The number of nitrogens with zero attached hydrogens (tertiary/aromatic N) is 5. The van der Waals surface area contributed by atoms with Gasteiger partial charge in [0, 0.05) is 65.2 Å². The molecule has 0 spiro atoms. The number of hydrogen-bond donors (Lipinski definition) is 1. The summed E-state index contributed by atoms with van der Waals surface area (Å²) in [5.41, 5.74) is 2.82. The van der Waals surface area contributed by atoms with E-state index in [1.54, 1.807) is 43.3 Å². The third kappa shape index (κ3) is 9.12. The second kappa shape index (κ2) is 16.7. The van der Waals surface area contributed by atoms with Crippen LogP contribution in [-0.4, -0.2) is 120 Å². The monoisotopic (exact) mass is 691 g/mol. The number of amides is 4. The summed E-state index contributed by atoms with van der Waals surface area (Å²) >= 11 is 0. The summed E-state index contributed by atoms with van der Waals surface area (Å²) in [4.78, 5) is 63.2. The zero-order chi connectivity index (χ0) is 36.7. The summed E-state index contributed by atoms with van der Waals surface area (Å²) in [6.45, 7) is 1.48. The molecule has 1 saturated heterocycles.